The SMILES string of the molecule is Cc1cccc(OCC(=O)N[C@@H](C)CCc2ccccc2)c1C. The Balaban J connectivity index is 1.74. The van der Waals surface area contributed by atoms with Gasteiger partial charge in [0.05, 0.1) is 0 Å². The molecular formula is C20H25NO2. The first-order chi connectivity index (χ1) is 11.1. The van der Waals surface area contributed by atoms with Crippen LogP contribution in [0.15, 0.2) is 48.5 Å². The minimum absolute atomic E-state index is 0.0555. The molecule has 0 aliphatic rings. The summed E-state index contributed by atoms with van der Waals surface area (Å²) in [5.41, 5.74) is 3.54. The molecule has 0 heterocycles. The van der Waals surface area contributed by atoms with Crippen molar-refractivity contribution in [2.24, 2.45) is 0 Å². The number of carbonyl (C=O) groups excluding carboxylic acids is 1. The number of carbonyl (C=O) groups is 1. The van der Waals surface area contributed by atoms with Gasteiger partial charge in [0, 0.05) is 6.04 Å². The molecule has 0 unspecified atom stereocenters. The van der Waals surface area contributed by atoms with Crippen molar-refractivity contribution < 1.29 is 9.53 Å². The van der Waals surface area contributed by atoms with Crippen molar-refractivity contribution in [1.29, 1.82) is 0 Å². The van der Waals surface area contributed by atoms with E-state index in [1.807, 2.05) is 57.2 Å². The minimum Gasteiger partial charge on any atom is -0.483 e. The summed E-state index contributed by atoms with van der Waals surface area (Å²) in [4.78, 5) is 12.0. The maximum atomic E-state index is 12.0. The second-order valence-corrected chi connectivity index (χ2v) is 5.98. The third-order valence-electron chi connectivity index (χ3n) is 4.03. The molecule has 0 fully saturated rings. The quantitative estimate of drug-likeness (QED) is 0.844. The van der Waals surface area contributed by atoms with E-state index in [2.05, 4.69) is 17.4 Å². The summed E-state index contributed by atoms with van der Waals surface area (Å²) in [6, 6.07) is 16.3. The Bertz CT molecular complexity index is 637. The molecule has 0 saturated heterocycles. The number of aryl methyl sites for hydroxylation is 2. The van der Waals surface area contributed by atoms with Gasteiger partial charge in [-0.1, -0.05) is 42.5 Å². The van der Waals surface area contributed by atoms with Gasteiger partial charge in [0.15, 0.2) is 6.61 Å². The van der Waals surface area contributed by atoms with Crippen molar-refractivity contribution in [2.45, 2.75) is 39.7 Å². The van der Waals surface area contributed by atoms with Crippen molar-refractivity contribution in [3.05, 3.63) is 65.2 Å². The summed E-state index contributed by atoms with van der Waals surface area (Å²) in [5.74, 6) is 0.698. The molecule has 3 heteroatoms. The second-order valence-electron chi connectivity index (χ2n) is 5.98. The molecule has 0 saturated carbocycles. The van der Waals surface area contributed by atoms with E-state index in [4.69, 9.17) is 4.74 Å². The van der Waals surface area contributed by atoms with Crippen molar-refractivity contribution in [3.63, 3.8) is 0 Å². The molecule has 2 aromatic rings. The average molecular weight is 311 g/mol. The Morgan fingerprint density at radius 3 is 2.57 bits per heavy atom. The Labute approximate surface area is 138 Å². The fourth-order valence-corrected chi connectivity index (χ4v) is 2.44. The Morgan fingerprint density at radius 1 is 1.09 bits per heavy atom. The first-order valence-corrected chi connectivity index (χ1v) is 8.08. The Morgan fingerprint density at radius 2 is 1.83 bits per heavy atom. The third kappa shape index (κ3) is 5.44. The monoisotopic (exact) mass is 311 g/mol. The summed E-state index contributed by atoms with van der Waals surface area (Å²) < 4.78 is 5.63. The fraction of sp³-hybridized carbons (Fsp3) is 0.350. The minimum atomic E-state index is -0.0773. The van der Waals surface area contributed by atoms with E-state index in [1.165, 1.54) is 11.1 Å². The molecule has 2 aromatic carbocycles. The van der Waals surface area contributed by atoms with Crippen molar-refractivity contribution in [3.8, 4) is 5.75 Å². The number of hydrogen-bond donors (Lipinski definition) is 1. The van der Waals surface area contributed by atoms with Gasteiger partial charge in [-0.2, -0.15) is 0 Å². The molecule has 2 rings (SSSR count). The van der Waals surface area contributed by atoms with Gasteiger partial charge in [0.2, 0.25) is 0 Å². The average Bonchev–Trinajstić information content (AvgIpc) is 2.55. The lowest BCUT2D eigenvalue weighted by molar-refractivity contribution is -0.123. The van der Waals surface area contributed by atoms with E-state index in [0.717, 1.165) is 24.2 Å². The number of hydrogen-bond acceptors (Lipinski definition) is 2. The van der Waals surface area contributed by atoms with Gasteiger partial charge in [0.25, 0.3) is 5.91 Å². The zero-order chi connectivity index (χ0) is 16.7. The number of ether oxygens (including phenoxy) is 1. The predicted molar refractivity (Wildman–Crippen MR) is 93.8 cm³/mol. The lowest BCUT2D eigenvalue weighted by Gasteiger charge is -2.15. The van der Waals surface area contributed by atoms with Crippen molar-refractivity contribution >= 4 is 5.91 Å². The van der Waals surface area contributed by atoms with Crippen molar-refractivity contribution in [1.82, 2.24) is 5.32 Å². The van der Waals surface area contributed by atoms with Crippen LogP contribution >= 0.6 is 0 Å². The fourth-order valence-electron chi connectivity index (χ4n) is 2.44. The van der Waals surface area contributed by atoms with E-state index < -0.39 is 0 Å². The molecule has 1 N–H and O–H groups in total. The molecule has 0 aromatic heterocycles. The number of amides is 1. The summed E-state index contributed by atoms with van der Waals surface area (Å²) in [5, 5.41) is 2.99. The zero-order valence-electron chi connectivity index (χ0n) is 14.1. The maximum absolute atomic E-state index is 12.0. The van der Waals surface area contributed by atoms with E-state index in [1.54, 1.807) is 0 Å². The Hall–Kier alpha value is -2.29. The third-order valence-corrected chi connectivity index (χ3v) is 4.03. The molecule has 122 valence electrons. The van der Waals surface area contributed by atoms with Gasteiger partial charge >= 0.3 is 0 Å². The van der Waals surface area contributed by atoms with Crippen LogP contribution in [-0.2, 0) is 11.2 Å². The highest BCUT2D eigenvalue weighted by Gasteiger charge is 2.09. The lowest BCUT2D eigenvalue weighted by atomic mass is 10.1. The van der Waals surface area contributed by atoms with Crippen LogP contribution in [0.25, 0.3) is 0 Å². The Kier molecular flexibility index (Phi) is 6.21. The molecule has 0 radical (unpaired) electrons. The maximum Gasteiger partial charge on any atom is 0.258 e. The zero-order valence-corrected chi connectivity index (χ0v) is 14.1. The molecule has 0 bridgehead atoms. The predicted octanol–water partition coefficient (Wildman–Crippen LogP) is 3.82. The van der Waals surface area contributed by atoms with Gasteiger partial charge in [-0.25, -0.2) is 0 Å². The van der Waals surface area contributed by atoms with Gasteiger partial charge in [0.1, 0.15) is 5.75 Å². The molecule has 0 aliphatic heterocycles. The van der Waals surface area contributed by atoms with Crippen LogP contribution in [0, 0.1) is 13.8 Å². The van der Waals surface area contributed by atoms with Gasteiger partial charge < -0.3 is 10.1 Å². The largest absolute Gasteiger partial charge is 0.483 e. The number of rotatable bonds is 7. The summed E-state index contributed by atoms with van der Waals surface area (Å²) >= 11 is 0. The topological polar surface area (TPSA) is 38.3 Å². The smallest absolute Gasteiger partial charge is 0.258 e. The van der Waals surface area contributed by atoms with E-state index in [-0.39, 0.29) is 18.6 Å². The molecule has 1 atom stereocenters. The van der Waals surface area contributed by atoms with Crippen LogP contribution in [-0.4, -0.2) is 18.6 Å². The second kappa shape index (κ2) is 8.37. The van der Waals surface area contributed by atoms with Crippen LogP contribution < -0.4 is 10.1 Å². The van der Waals surface area contributed by atoms with E-state index in [9.17, 15) is 4.79 Å². The highest BCUT2D eigenvalue weighted by atomic mass is 16.5. The van der Waals surface area contributed by atoms with E-state index >= 15 is 0 Å². The lowest BCUT2D eigenvalue weighted by Crippen LogP contribution is -2.36. The molecule has 1 amide bonds. The molecule has 3 nitrogen and oxygen atoms in total. The normalized spacial score (nSPS) is 11.8. The van der Waals surface area contributed by atoms with Crippen LogP contribution in [0.1, 0.15) is 30.0 Å². The summed E-state index contributed by atoms with van der Waals surface area (Å²) in [6.45, 7) is 6.12. The molecule has 0 aliphatic carbocycles. The summed E-state index contributed by atoms with van der Waals surface area (Å²) in [6.07, 6.45) is 1.87. The van der Waals surface area contributed by atoms with E-state index in [0.29, 0.717) is 0 Å². The van der Waals surface area contributed by atoms with Gasteiger partial charge in [-0.3, -0.25) is 4.79 Å². The molecule has 0 spiro atoms. The first-order valence-electron chi connectivity index (χ1n) is 8.08. The summed E-state index contributed by atoms with van der Waals surface area (Å²) in [7, 11) is 0. The highest BCUT2D eigenvalue weighted by Crippen LogP contribution is 2.20. The first kappa shape index (κ1) is 17.1. The van der Waals surface area contributed by atoms with Crippen LogP contribution in [0.5, 0.6) is 5.75 Å². The van der Waals surface area contributed by atoms with Crippen molar-refractivity contribution in [2.75, 3.05) is 6.61 Å². The van der Waals surface area contributed by atoms with Gasteiger partial charge in [-0.05, 0) is 56.4 Å². The highest BCUT2D eigenvalue weighted by molar-refractivity contribution is 5.77. The molecule has 23 heavy (non-hydrogen) atoms. The number of nitrogens with one attached hydrogen (secondary N) is 1. The van der Waals surface area contributed by atoms with Crippen LogP contribution in [0.3, 0.4) is 0 Å². The van der Waals surface area contributed by atoms with Crippen LogP contribution in [0.2, 0.25) is 0 Å². The molecular weight excluding hydrogens is 286 g/mol. The standard InChI is InChI=1S/C20H25NO2/c1-15-8-7-11-19(17(15)3)23-14-20(22)21-16(2)12-13-18-9-5-4-6-10-18/h4-11,16H,12-14H2,1-3H3,(H,21,22)/t16-/m0/s1. The number of benzene rings is 2. The van der Waals surface area contributed by atoms with Crippen LogP contribution in [0.4, 0.5) is 0 Å². The van der Waals surface area contributed by atoms with Gasteiger partial charge in [-0.15, -0.1) is 0 Å².